The molecule has 15 heavy (non-hydrogen) atoms. The van der Waals surface area contributed by atoms with Gasteiger partial charge in [0.2, 0.25) is 5.91 Å². The molecule has 0 spiro atoms. The molecule has 0 fully saturated rings. The zero-order chi connectivity index (χ0) is 11.3. The minimum Gasteiger partial charge on any atom is -0.370 e. The van der Waals surface area contributed by atoms with E-state index >= 15 is 0 Å². The van der Waals surface area contributed by atoms with Crippen LogP contribution in [0.5, 0.6) is 0 Å². The van der Waals surface area contributed by atoms with Crippen LogP contribution in [0.2, 0.25) is 0 Å². The van der Waals surface area contributed by atoms with Crippen molar-refractivity contribution in [3.63, 3.8) is 0 Å². The maximum atomic E-state index is 10.8. The lowest BCUT2D eigenvalue weighted by molar-refractivity contribution is 0.100. The van der Waals surface area contributed by atoms with Crippen LogP contribution in [0.1, 0.15) is 15.9 Å². The van der Waals surface area contributed by atoms with Gasteiger partial charge in [-0.1, -0.05) is 12.1 Å². The van der Waals surface area contributed by atoms with Crippen molar-refractivity contribution < 1.29 is 4.79 Å². The summed E-state index contributed by atoms with van der Waals surface area (Å²) in [6.45, 7) is 0.602. The average molecular weight is 206 g/mol. The quantitative estimate of drug-likeness (QED) is 0.405. The van der Waals surface area contributed by atoms with E-state index in [1.165, 1.54) is 0 Å². The van der Waals surface area contributed by atoms with Gasteiger partial charge >= 0.3 is 0 Å². The Balaban J connectivity index is 2.50. The minimum absolute atomic E-state index is 0.0382. The molecule has 0 saturated carbocycles. The topological polar surface area (TPSA) is 105 Å². The minimum atomic E-state index is -0.427. The van der Waals surface area contributed by atoms with Crippen molar-refractivity contribution in [2.75, 3.05) is 6.54 Å². The molecular formula is C10H14N4O. The molecule has 0 aliphatic heterocycles. The van der Waals surface area contributed by atoms with Gasteiger partial charge in [0.1, 0.15) is 0 Å². The van der Waals surface area contributed by atoms with E-state index < -0.39 is 5.91 Å². The summed E-state index contributed by atoms with van der Waals surface area (Å²) in [7, 11) is 0. The van der Waals surface area contributed by atoms with Gasteiger partial charge in [-0.15, -0.1) is 0 Å². The smallest absolute Gasteiger partial charge is 0.248 e. The number of rotatable bonds is 4. The second-order valence-corrected chi connectivity index (χ2v) is 3.15. The second kappa shape index (κ2) is 4.99. The summed E-state index contributed by atoms with van der Waals surface area (Å²) in [5.74, 6) is -0.466. The molecule has 0 bridgehead atoms. The summed E-state index contributed by atoms with van der Waals surface area (Å²) < 4.78 is 0. The van der Waals surface area contributed by atoms with Gasteiger partial charge < -0.3 is 16.8 Å². The van der Waals surface area contributed by atoms with E-state index in [2.05, 4.69) is 5.32 Å². The molecule has 6 N–H and O–H groups in total. The van der Waals surface area contributed by atoms with E-state index in [1.54, 1.807) is 12.1 Å². The van der Waals surface area contributed by atoms with Gasteiger partial charge in [0.05, 0.1) is 0 Å². The van der Waals surface area contributed by atoms with Gasteiger partial charge in [0, 0.05) is 12.1 Å². The number of primary amides is 1. The normalized spacial score (nSPS) is 9.60. The molecule has 5 heteroatoms. The van der Waals surface area contributed by atoms with Crippen LogP contribution in [0.15, 0.2) is 24.3 Å². The van der Waals surface area contributed by atoms with Gasteiger partial charge in [0.25, 0.3) is 0 Å². The second-order valence-electron chi connectivity index (χ2n) is 3.15. The van der Waals surface area contributed by atoms with Crippen molar-refractivity contribution in [3.8, 4) is 0 Å². The number of amides is 1. The van der Waals surface area contributed by atoms with Crippen LogP contribution in [-0.2, 0) is 6.42 Å². The Bertz CT molecular complexity index is 358. The number of nitrogens with one attached hydrogen (secondary N) is 2. The fourth-order valence-corrected chi connectivity index (χ4v) is 1.18. The Morgan fingerprint density at radius 3 is 2.33 bits per heavy atom. The van der Waals surface area contributed by atoms with E-state index in [9.17, 15) is 4.79 Å². The van der Waals surface area contributed by atoms with Gasteiger partial charge in [-0.05, 0) is 24.1 Å². The largest absolute Gasteiger partial charge is 0.370 e. The van der Waals surface area contributed by atoms with E-state index in [0.717, 1.165) is 12.0 Å². The molecule has 1 aromatic rings. The molecule has 0 saturated heterocycles. The van der Waals surface area contributed by atoms with Crippen molar-refractivity contribution >= 4 is 11.9 Å². The van der Waals surface area contributed by atoms with Gasteiger partial charge in [0.15, 0.2) is 5.96 Å². The van der Waals surface area contributed by atoms with Crippen LogP contribution >= 0.6 is 0 Å². The highest BCUT2D eigenvalue weighted by molar-refractivity contribution is 5.92. The molecule has 0 atom stereocenters. The van der Waals surface area contributed by atoms with E-state index in [-0.39, 0.29) is 5.96 Å². The molecule has 0 unspecified atom stereocenters. The summed E-state index contributed by atoms with van der Waals surface area (Å²) >= 11 is 0. The molecule has 0 aromatic heterocycles. The molecule has 1 aromatic carbocycles. The Hall–Kier alpha value is -2.04. The first-order valence-electron chi connectivity index (χ1n) is 4.56. The monoisotopic (exact) mass is 206 g/mol. The Labute approximate surface area is 88.0 Å². The molecule has 0 aliphatic carbocycles. The van der Waals surface area contributed by atoms with Crippen molar-refractivity contribution in [1.82, 2.24) is 5.32 Å². The molecular weight excluding hydrogens is 192 g/mol. The number of hydrogen-bond donors (Lipinski definition) is 4. The third-order valence-corrected chi connectivity index (χ3v) is 1.97. The van der Waals surface area contributed by atoms with Crippen LogP contribution < -0.4 is 16.8 Å². The third-order valence-electron chi connectivity index (χ3n) is 1.97. The number of hydrogen-bond acceptors (Lipinski definition) is 2. The van der Waals surface area contributed by atoms with Crippen LogP contribution in [0.3, 0.4) is 0 Å². The van der Waals surface area contributed by atoms with Gasteiger partial charge in [-0.25, -0.2) is 0 Å². The summed E-state index contributed by atoms with van der Waals surface area (Å²) in [6, 6.07) is 7.04. The summed E-state index contributed by atoms with van der Waals surface area (Å²) in [5, 5.41) is 9.66. The summed E-state index contributed by atoms with van der Waals surface area (Å²) in [5.41, 5.74) is 11.8. The van der Waals surface area contributed by atoms with E-state index in [0.29, 0.717) is 12.1 Å². The highest BCUT2D eigenvalue weighted by Crippen LogP contribution is 2.03. The molecule has 0 aliphatic rings. The average Bonchev–Trinajstić information content (AvgIpc) is 2.18. The summed E-state index contributed by atoms with van der Waals surface area (Å²) in [4.78, 5) is 10.8. The molecule has 1 amide bonds. The zero-order valence-corrected chi connectivity index (χ0v) is 8.29. The van der Waals surface area contributed by atoms with E-state index in [4.69, 9.17) is 16.9 Å². The van der Waals surface area contributed by atoms with Crippen molar-refractivity contribution in [3.05, 3.63) is 35.4 Å². The lowest BCUT2D eigenvalue weighted by atomic mass is 10.1. The van der Waals surface area contributed by atoms with Gasteiger partial charge in [-0.2, -0.15) is 0 Å². The molecule has 5 nitrogen and oxygen atoms in total. The fraction of sp³-hybridized carbons (Fsp3) is 0.200. The highest BCUT2D eigenvalue weighted by atomic mass is 16.1. The lowest BCUT2D eigenvalue weighted by Gasteiger charge is -2.04. The van der Waals surface area contributed by atoms with Gasteiger partial charge in [-0.3, -0.25) is 10.2 Å². The predicted octanol–water partition coefficient (Wildman–Crippen LogP) is -0.189. The zero-order valence-electron chi connectivity index (χ0n) is 8.29. The van der Waals surface area contributed by atoms with Crippen LogP contribution in [0.4, 0.5) is 0 Å². The van der Waals surface area contributed by atoms with E-state index in [1.807, 2.05) is 12.1 Å². The molecule has 1 rings (SSSR count). The maximum Gasteiger partial charge on any atom is 0.248 e. The molecule has 0 radical (unpaired) electrons. The van der Waals surface area contributed by atoms with Crippen molar-refractivity contribution in [2.45, 2.75) is 6.42 Å². The first kappa shape index (κ1) is 11.0. The number of benzene rings is 1. The third kappa shape index (κ3) is 3.68. The lowest BCUT2D eigenvalue weighted by Crippen LogP contribution is -2.31. The fourth-order valence-electron chi connectivity index (χ4n) is 1.18. The number of nitrogens with two attached hydrogens (primary N) is 2. The summed E-state index contributed by atoms with van der Waals surface area (Å²) in [6.07, 6.45) is 0.749. The van der Waals surface area contributed by atoms with Crippen molar-refractivity contribution in [2.24, 2.45) is 11.5 Å². The highest BCUT2D eigenvalue weighted by Gasteiger charge is 1.99. The standard InChI is InChI=1S/C10H14N4O/c11-9(15)8-3-1-7(2-4-8)5-6-14-10(12)13/h1-4H,5-6H2,(H2,11,15)(H4,12,13,14). The Morgan fingerprint density at radius 2 is 1.87 bits per heavy atom. The van der Waals surface area contributed by atoms with Crippen LogP contribution in [-0.4, -0.2) is 18.4 Å². The Kier molecular flexibility index (Phi) is 3.68. The first-order valence-corrected chi connectivity index (χ1v) is 4.56. The molecule has 80 valence electrons. The van der Waals surface area contributed by atoms with Crippen molar-refractivity contribution in [1.29, 1.82) is 5.41 Å². The number of carbonyl (C=O) groups excluding carboxylic acids is 1. The van der Waals surface area contributed by atoms with Crippen LogP contribution in [0, 0.1) is 5.41 Å². The maximum absolute atomic E-state index is 10.8. The number of guanidine groups is 1. The Morgan fingerprint density at radius 1 is 1.27 bits per heavy atom. The number of carbonyl (C=O) groups is 1. The first-order chi connectivity index (χ1) is 7.09. The molecule has 0 heterocycles. The van der Waals surface area contributed by atoms with Crippen LogP contribution in [0.25, 0.3) is 0 Å². The SMILES string of the molecule is N=C(N)NCCc1ccc(C(N)=O)cc1. The predicted molar refractivity (Wildman–Crippen MR) is 58.6 cm³/mol.